The third-order valence-corrected chi connectivity index (χ3v) is 4.17. The number of nitrogens with two attached hydrogens (primary N) is 1. The molecule has 4 heteroatoms. The van der Waals surface area contributed by atoms with Gasteiger partial charge in [0.1, 0.15) is 0 Å². The normalized spacial score (nSPS) is 12.8. The van der Waals surface area contributed by atoms with Crippen LogP contribution in [0.2, 0.25) is 0 Å². The molecule has 1 atom stereocenters. The van der Waals surface area contributed by atoms with Crippen LogP contribution >= 0.6 is 11.3 Å². The van der Waals surface area contributed by atoms with Crippen molar-refractivity contribution in [2.45, 2.75) is 52.6 Å². The zero-order valence-electron chi connectivity index (χ0n) is 10.8. The number of anilines is 1. The minimum absolute atomic E-state index is 0.548. The Balaban J connectivity index is 2.82. The molecule has 0 bridgehead atoms. The highest BCUT2D eigenvalue weighted by atomic mass is 32.1. The maximum Gasteiger partial charge on any atom is 0.185 e. The molecule has 0 amide bonds. The molecule has 1 aromatic heterocycles. The fraction of sp³-hybridized carbons (Fsp3) is 0.750. The molecular formula is C12H23N3S. The number of aryl methyl sites for hydroxylation is 1. The van der Waals surface area contributed by atoms with Gasteiger partial charge in [-0.05, 0) is 19.8 Å². The lowest BCUT2D eigenvalue weighted by Crippen LogP contribution is -2.28. The fourth-order valence-electron chi connectivity index (χ4n) is 1.76. The fourth-order valence-corrected chi connectivity index (χ4v) is 2.85. The van der Waals surface area contributed by atoms with Gasteiger partial charge in [0.15, 0.2) is 5.13 Å². The van der Waals surface area contributed by atoms with Gasteiger partial charge in [0.25, 0.3) is 0 Å². The van der Waals surface area contributed by atoms with E-state index in [-0.39, 0.29) is 0 Å². The number of nitrogens with zero attached hydrogens (tertiary/aromatic N) is 2. The molecule has 0 saturated carbocycles. The molecule has 0 spiro atoms. The molecule has 0 aliphatic rings. The van der Waals surface area contributed by atoms with E-state index in [0.29, 0.717) is 12.6 Å². The van der Waals surface area contributed by atoms with E-state index < -0.39 is 0 Å². The van der Waals surface area contributed by atoms with Crippen LogP contribution in [0.4, 0.5) is 5.13 Å². The summed E-state index contributed by atoms with van der Waals surface area (Å²) in [5.41, 5.74) is 6.89. The number of hydrogen-bond acceptors (Lipinski definition) is 4. The number of thiazole rings is 1. The van der Waals surface area contributed by atoms with Crippen molar-refractivity contribution in [1.29, 1.82) is 0 Å². The van der Waals surface area contributed by atoms with E-state index in [1.165, 1.54) is 17.7 Å². The van der Waals surface area contributed by atoms with E-state index in [0.717, 1.165) is 17.2 Å². The summed E-state index contributed by atoms with van der Waals surface area (Å²) in [6, 6.07) is 0.548. The standard InChI is InChI=1S/C12H23N3S/c1-5-7-9(3)15(4)12-14-10(6-2)11(8-13)16-12/h9H,5-8,13H2,1-4H3. The molecule has 16 heavy (non-hydrogen) atoms. The molecular weight excluding hydrogens is 218 g/mol. The van der Waals surface area contributed by atoms with E-state index in [1.807, 2.05) is 0 Å². The molecule has 1 aromatic rings. The molecule has 0 aliphatic carbocycles. The van der Waals surface area contributed by atoms with Crippen LogP contribution in [0, 0.1) is 0 Å². The van der Waals surface area contributed by atoms with Gasteiger partial charge in [-0.1, -0.05) is 20.3 Å². The summed E-state index contributed by atoms with van der Waals surface area (Å²) in [6.07, 6.45) is 3.38. The first kappa shape index (κ1) is 13.5. The Kier molecular flexibility index (Phi) is 5.22. The van der Waals surface area contributed by atoms with E-state index in [2.05, 4.69) is 37.7 Å². The minimum Gasteiger partial charge on any atom is -0.348 e. The second kappa shape index (κ2) is 6.21. The molecule has 2 N–H and O–H groups in total. The van der Waals surface area contributed by atoms with Crippen LogP contribution in [0.25, 0.3) is 0 Å². The summed E-state index contributed by atoms with van der Waals surface area (Å²) in [5, 5.41) is 1.11. The van der Waals surface area contributed by atoms with Gasteiger partial charge in [-0.15, -0.1) is 11.3 Å². The van der Waals surface area contributed by atoms with Gasteiger partial charge >= 0.3 is 0 Å². The molecule has 92 valence electrons. The van der Waals surface area contributed by atoms with E-state index in [9.17, 15) is 0 Å². The van der Waals surface area contributed by atoms with Gasteiger partial charge in [0.2, 0.25) is 0 Å². The molecule has 1 unspecified atom stereocenters. The van der Waals surface area contributed by atoms with Gasteiger partial charge in [-0.3, -0.25) is 0 Å². The Morgan fingerprint density at radius 1 is 1.44 bits per heavy atom. The van der Waals surface area contributed by atoms with E-state index >= 15 is 0 Å². The van der Waals surface area contributed by atoms with Crippen molar-refractivity contribution >= 4 is 16.5 Å². The minimum atomic E-state index is 0.548. The lowest BCUT2D eigenvalue weighted by Gasteiger charge is -2.23. The van der Waals surface area contributed by atoms with Gasteiger partial charge in [0.05, 0.1) is 5.69 Å². The van der Waals surface area contributed by atoms with E-state index in [4.69, 9.17) is 5.73 Å². The first-order valence-electron chi connectivity index (χ1n) is 6.05. The van der Waals surface area contributed by atoms with Crippen LogP contribution in [0.15, 0.2) is 0 Å². The quantitative estimate of drug-likeness (QED) is 0.832. The Morgan fingerprint density at radius 2 is 2.12 bits per heavy atom. The van der Waals surface area contributed by atoms with Gasteiger partial charge in [-0.2, -0.15) is 0 Å². The topological polar surface area (TPSA) is 42.2 Å². The summed E-state index contributed by atoms with van der Waals surface area (Å²) in [7, 11) is 2.12. The molecule has 0 aromatic carbocycles. The summed E-state index contributed by atoms with van der Waals surface area (Å²) in [6.45, 7) is 7.21. The highest BCUT2D eigenvalue weighted by Crippen LogP contribution is 2.27. The lowest BCUT2D eigenvalue weighted by atomic mass is 10.2. The van der Waals surface area contributed by atoms with E-state index in [1.54, 1.807) is 11.3 Å². The highest BCUT2D eigenvalue weighted by Gasteiger charge is 2.15. The van der Waals surface area contributed by atoms with Crippen molar-refractivity contribution < 1.29 is 0 Å². The van der Waals surface area contributed by atoms with Crippen molar-refractivity contribution in [2.75, 3.05) is 11.9 Å². The van der Waals surface area contributed by atoms with Crippen LogP contribution in [0.1, 0.15) is 44.2 Å². The van der Waals surface area contributed by atoms with Crippen molar-refractivity contribution in [3.63, 3.8) is 0 Å². The van der Waals surface area contributed by atoms with Crippen LogP contribution in [0.3, 0.4) is 0 Å². The molecule has 1 rings (SSSR count). The highest BCUT2D eigenvalue weighted by molar-refractivity contribution is 7.15. The van der Waals surface area contributed by atoms with Crippen molar-refractivity contribution in [2.24, 2.45) is 5.73 Å². The number of aromatic nitrogens is 1. The Bertz CT molecular complexity index is 301. The third kappa shape index (κ3) is 2.95. The average molecular weight is 241 g/mol. The van der Waals surface area contributed by atoms with Gasteiger partial charge < -0.3 is 10.6 Å². The summed E-state index contributed by atoms with van der Waals surface area (Å²) in [5.74, 6) is 0. The lowest BCUT2D eigenvalue weighted by molar-refractivity contribution is 0.614. The first-order valence-corrected chi connectivity index (χ1v) is 6.87. The predicted octanol–water partition coefficient (Wildman–Crippen LogP) is 2.79. The monoisotopic (exact) mass is 241 g/mol. The average Bonchev–Trinajstić information content (AvgIpc) is 2.71. The van der Waals surface area contributed by atoms with Crippen molar-refractivity contribution in [1.82, 2.24) is 4.98 Å². The molecule has 1 heterocycles. The SMILES string of the molecule is CCCC(C)N(C)c1nc(CC)c(CN)s1. The molecule has 0 fully saturated rings. The first-order chi connectivity index (χ1) is 7.63. The van der Waals surface area contributed by atoms with Crippen molar-refractivity contribution in [3.05, 3.63) is 10.6 Å². The summed E-state index contributed by atoms with van der Waals surface area (Å²) >= 11 is 1.74. The van der Waals surface area contributed by atoms with Crippen molar-refractivity contribution in [3.8, 4) is 0 Å². The van der Waals surface area contributed by atoms with Gasteiger partial charge in [-0.25, -0.2) is 4.98 Å². The molecule has 0 saturated heterocycles. The molecule has 3 nitrogen and oxygen atoms in total. The van der Waals surface area contributed by atoms with Crippen LogP contribution in [-0.2, 0) is 13.0 Å². The maximum absolute atomic E-state index is 5.73. The molecule has 0 aliphatic heterocycles. The zero-order chi connectivity index (χ0) is 12.1. The zero-order valence-corrected chi connectivity index (χ0v) is 11.6. The number of rotatable bonds is 6. The van der Waals surface area contributed by atoms with Crippen LogP contribution in [-0.4, -0.2) is 18.1 Å². The van der Waals surface area contributed by atoms with Gasteiger partial charge in [0, 0.05) is 24.5 Å². The smallest absolute Gasteiger partial charge is 0.185 e. The Hall–Kier alpha value is -0.610. The van der Waals surface area contributed by atoms with Crippen LogP contribution in [0.5, 0.6) is 0 Å². The second-order valence-electron chi connectivity index (χ2n) is 4.17. The number of hydrogen-bond donors (Lipinski definition) is 1. The second-order valence-corrected chi connectivity index (χ2v) is 5.23. The largest absolute Gasteiger partial charge is 0.348 e. The summed E-state index contributed by atoms with van der Waals surface area (Å²) in [4.78, 5) is 8.17. The third-order valence-electron chi connectivity index (χ3n) is 2.96. The Morgan fingerprint density at radius 3 is 2.56 bits per heavy atom. The molecule has 0 radical (unpaired) electrons. The van der Waals surface area contributed by atoms with Crippen LogP contribution < -0.4 is 10.6 Å². The maximum atomic E-state index is 5.73. The summed E-state index contributed by atoms with van der Waals surface area (Å²) < 4.78 is 0. The predicted molar refractivity (Wildman–Crippen MR) is 72.2 cm³/mol. The Labute approximate surface area is 103 Å².